The van der Waals surface area contributed by atoms with Crippen molar-refractivity contribution >= 4 is 21.8 Å². The van der Waals surface area contributed by atoms with Crippen molar-refractivity contribution in [2.24, 2.45) is 0 Å². The van der Waals surface area contributed by atoms with Crippen LogP contribution in [0.2, 0.25) is 0 Å². The Hall–Kier alpha value is -3.89. The van der Waals surface area contributed by atoms with Crippen LogP contribution in [-0.2, 0) is 21.4 Å². The molecule has 0 unspecified atom stereocenters. The summed E-state index contributed by atoms with van der Waals surface area (Å²) in [6.07, 6.45) is 0. The first-order valence-corrected chi connectivity index (χ1v) is 12.7. The van der Waals surface area contributed by atoms with Gasteiger partial charge in [0.05, 0.1) is 7.11 Å². The Kier molecular flexibility index (Phi) is 9.04. The van der Waals surface area contributed by atoms with Crippen molar-refractivity contribution in [3.63, 3.8) is 0 Å². The highest BCUT2D eigenvalue weighted by molar-refractivity contribution is 7.89. The van der Waals surface area contributed by atoms with E-state index in [1.54, 1.807) is 19.1 Å². The van der Waals surface area contributed by atoms with Crippen LogP contribution in [0.4, 0.5) is 0 Å². The molecule has 0 fully saturated rings. The molecule has 2 amide bonds. The van der Waals surface area contributed by atoms with Crippen LogP contribution in [0.3, 0.4) is 0 Å². The lowest BCUT2D eigenvalue weighted by Gasteiger charge is -2.22. The molecule has 0 atom stereocenters. The molecular formula is C26H29N3O6S. The fourth-order valence-corrected chi connectivity index (χ4v) is 5.03. The summed E-state index contributed by atoms with van der Waals surface area (Å²) in [7, 11) is -2.64. The fraction of sp³-hybridized carbons (Fsp3) is 0.231. The number of para-hydroxylation sites is 1. The second-order valence-corrected chi connectivity index (χ2v) is 9.75. The molecule has 3 rings (SSSR count). The van der Waals surface area contributed by atoms with Gasteiger partial charge in [-0.15, -0.1) is 0 Å². The third-order valence-corrected chi connectivity index (χ3v) is 7.31. The maximum Gasteiger partial charge on any atom is 0.276 e. The van der Waals surface area contributed by atoms with Gasteiger partial charge in [-0.05, 0) is 42.3 Å². The second-order valence-electron chi connectivity index (χ2n) is 7.84. The summed E-state index contributed by atoms with van der Waals surface area (Å²) in [5, 5.41) is 0. The maximum atomic E-state index is 13.5. The number of amides is 2. The Morgan fingerprint density at radius 1 is 0.917 bits per heavy atom. The van der Waals surface area contributed by atoms with Crippen LogP contribution in [0, 0.1) is 6.92 Å². The van der Waals surface area contributed by atoms with Crippen molar-refractivity contribution in [1.29, 1.82) is 0 Å². The van der Waals surface area contributed by atoms with Crippen LogP contribution < -0.4 is 20.3 Å². The largest absolute Gasteiger partial charge is 0.495 e. The Bertz CT molecular complexity index is 1310. The predicted molar refractivity (Wildman–Crippen MR) is 135 cm³/mol. The van der Waals surface area contributed by atoms with Crippen molar-refractivity contribution in [2.75, 3.05) is 20.3 Å². The van der Waals surface area contributed by atoms with E-state index in [1.165, 1.54) is 29.6 Å². The Balaban J connectivity index is 1.71. The van der Waals surface area contributed by atoms with E-state index in [-0.39, 0.29) is 35.9 Å². The molecule has 0 saturated carbocycles. The zero-order chi connectivity index (χ0) is 26.1. The monoisotopic (exact) mass is 511 g/mol. The second kappa shape index (κ2) is 12.2. The van der Waals surface area contributed by atoms with Gasteiger partial charge < -0.3 is 9.47 Å². The van der Waals surface area contributed by atoms with Gasteiger partial charge in [0, 0.05) is 18.7 Å². The van der Waals surface area contributed by atoms with Gasteiger partial charge in [0.1, 0.15) is 16.4 Å². The quantitative estimate of drug-likeness (QED) is 0.405. The highest BCUT2D eigenvalue weighted by atomic mass is 32.2. The molecule has 9 nitrogen and oxygen atoms in total. The summed E-state index contributed by atoms with van der Waals surface area (Å²) in [5.74, 6) is -0.605. The number of carbonyl (C=O) groups excluding carboxylic acids is 2. The van der Waals surface area contributed by atoms with Gasteiger partial charge in [0.2, 0.25) is 10.0 Å². The van der Waals surface area contributed by atoms with Gasteiger partial charge >= 0.3 is 0 Å². The van der Waals surface area contributed by atoms with Gasteiger partial charge in [-0.2, -0.15) is 4.31 Å². The number of carbonyl (C=O) groups is 2. The topological polar surface area (TPSA) is 114 Å². The van der Waals surface area contributed by atoms with Crippen molar-refractivity contribution < 1.29 is 27.5 Å². The van der Waals surface area contributed by atoms with Gasteiger partial charge in [-0.1, -0.05) is 55.5 Å². The van der Waals surface area contributed by atoms with E-state index in [2.05, 4.69) is 10.9 Å². The summed E-state index contributed by atoms with van der Waals surface area (Å²) in [6, 6.07) is 20.5. The molecule has 0 radical (unpaired) electrons. The van der Waals surface area contributed by atoms with Crippen LogP contribution in [0.5, 0.6) is 11.5 Å². The third-order valence-electron chi connectivity index (χ3n) is 5.37. The minimum atomic E-state index is -4.00. The first-order chi connectivity index (χ1) is 17.3. The van der Waals surface area contributed by atoms with E-state index in [0.717, 1.165) is 11.1 Å². The molecule has 0 saturated heterocycles. The number of hydrazine groups is 1. The molecule has 36 heavy (non-hydrogen) atoms. The molecule has 190 valence electrons. The number of nitrogens with zero attached hydrogens (tertiary/aromatic N) is 1. The van der Waals surface area contributed by atoms with Crippen LogP contribution in [0.15, 0.2) is 77.7 Å². The van der Waals surface area contributed by atoms with E-state index in [1.807, 2.05) is 49.4 Å². The Labute approximate surface area is 211 Å². The summed E-state index contributed by atoms with van der Waals surface area (Å²) < 4.78 is 38.9. The number of hydrogen-bond acceptors (Lipinski definition) is 6. The van der Waals surface area contributed by atoms with Crippen LogP contribution in [0.25, 0.3) is 0 Å². The molecule has 0 aromatic heterocycles. The number of rotatable bonds is 10. The lowest BCUT2D eigenvalue weighted by molar-refractivity contribution is -0.123. The van der Waals surface area contributed by atoms with Crippen molar-refractivity contribution in [3.05, 3.63) is 89.5 Å². The van der Waals surface area contributed by atoms with E-state index in [4.69, 9.17) is 9.47 Å². The fourth-order valence-electron chi connectivity index (χ4n) is 3.41. The number of ether oxygens (including phenoxy) is 2. The zero-order valence-electron chi connectivity index (χ0n) is 20.4. The number of sulfonamides is 1. The normalized spacial score (nSPS) is 11.1. The van der Waals surface area contributed by atoms with Crippen LogP contribution >= 0.6 is 0 Å². The summed E-state index contributed by atoms with van der Waals surface area (Å²) in [5.41, 5.74) is 6.28. The summed E-state index contributed by atoms with van der Waals surface area (Å²) >= 11 is 0. The Morgan fingerprint density at radius 2 is 1.61 bits per heavy atom. The average molecular weight is 512 g/mol. The van der Waals surface area contributed by atoms with Gasteiger partial charge in [0.15, 0.2) is 6.61 Å². The molecule has 0 heterocycles. The lowest BCUT2D eigenvalue weighted by Crippen LogP contribution is -2.44. The smallest absolute Gasteiger partial charge is 0.276 e. The summed E-state index contributed by atoms with van der Waals surface area (Å²) in [4.78, 5) is 24.6. The van der Waals surface area contributed by atoms with Gasteiger partial charge in [-0.25, -0.2) is 8.42 Å². The molecule has 0 aliphatic carbocycles. The van der Waals surface area contributed by atoms with Crippen molar-refractivity contribution in [2.45, 2.75) is 25.3 Å². The summed E-state index contributed by atoms with van der Waals surface area (Å²) in [6.45, 7) is 3.66. The highest BCUT2D eigenvalue weighted by Gasteiger charge is 2.28. The minimum absolute atomic E-state index is 0.0326. The van der Waals surface area contributed by atoms with Crippen molar-refractivity contribution in [3.8, 4) is 11.5 Å². The molecule has 3 aromatic rings. The third kappa shape index (κ3) is 6.61. The zero-order valence-corrected chi connectivity index (χ0v) is 21.2. The highest BCUT2D eigenvalue weighted by Crippen LogP contribution is 2.29. The predicted octanol–water partition coefficient (Wildman–Crippen LogP) is 3.05. The minimum Gasteiger partial charge on any atom is -0.495 e. The molecule has 0 bridgehead atoms. The lowest BCUT2D eigenvalue weighted by atomic mass is 10.2. The molecule has 0 aliphatic rings. The number of benzene rings is 3. The van der Waals surface area contributed by atoms with E-state index in [9.17, 15) is 18.0 Å². The maximum absolute atomic E-state index is 13.5. The first kappa shape index (κ1) is 26.7. The average Bonchev–Trinajstić information content (AvgIpc) is 2.89. The molecule has 2 N–H and O–H groups in total. The van der Waals surface area contributed by atoms with Crippen LogP contribution in [0.1, 0.15) is 28.4 Å². The molecule has 10 heteroatoms. The van der Waals surface area contributed by atoms with Gasteiger partial charge in [0.25, 0.3) is 11.8 Å². The van der Waals surface area contributed by atoms with Crippen molar-refractivity contribution in [1.82, 2.24) is 15.2 Å². The van der Waals surface area contributed by atoms with E-state index in [0.29, 0.717) is 5.75 Å². The van der Waals surface area contributed by atoms with Crippen LogP contribution in [-0.4, -0.2) is 44.8 Å². The Morgan fingerprint density at radius 3 is 2.28 bits per heavy atom. The molecule has 0 spiro atoms. The number of hydrogen-bond donors (Lipinski definition) is 2. The standard InChI is InChI=1S/C26H29N3O6S/c1-4-29(17-20-11-6-5-7-12-20)36(32,33)24-16-21(14-15-23(24)34-3)26(31)28-27-25(30)18-35-22-13-9-8-10-19(22)2/h5-16H,4,17-18H2,1-3H3,(H,27,30)(H,28,31). The SMILES string of the molecule is CCN(Cc1ccccc1)S(=O)(=O)c1cc(C(=O)NNC(=O)COc2ccccc2C)ccc1OC. The molecular weight excluding hydrogens is 482 g/mol. The number of nitrogens with one attached hydrogen (secondary N) is 2. The van der Waals surface area contributed by atoms with E-state index >= 15 is 0 Å². The number of methoxy groups -OCH3 is 1. The number of aryl methyl sites for hydroxylation is 1. The van der Waals surface area contributed by atoms with E-state index < -0.39 is 21.8 Å². The van der Waals surface area contributed by atoms with Gasteiger partial charge in [-0.3, -0.25) is 20.4 Å². The molecule has 0 aliphatic heterocycles. The molecule has 3 aromatic carbocycles. The first-order valence-electron chi connectivity index (χ1n) is 11.3.